The van der Waals surface area contributed by atoms with Crippen LogP contribution in [-0.4, -0.2) is 45.2 Å². The normalized spacial score (nSPS) is 17.0. The van der Waals surface area contributed by atoms with E-state index >= 15 is 0 Å². The van der Waals surface area contributed by atoms with Gasteiger partial charge in [-0.25, -0.2) is 9.78 Å². The highest BCUT2D eigenvalue weighted by Gasteiger charge is 2.39. The van der Waals surface area contributed by atoms with Gasteiger partial charge in [-0.1, -0.05) is 18.7 Å². The maximum absolute atomic E-state index is 13.4. The number of hydrogen-bond donors (Lipinski definition) is 1. The predicted molar refractivity (Wildman–Crippen MR) is 91.2 cm³/mol. The van der Waals surface area contributed by atoms with Crippen molar-refractivity contribution in [1.82, 2.24) is 9.88 Å². The number of nitriles is 1. The van der Waals surface area contributed by atoms with Crippen LogP contribution in [0.1, 0.15) is 42.1 Å². The van der Waals surface area contributed by atoms with E-state index in [0.29, 0.717) is 12.8 Å². The van der Waals surface area contributed by atoms with E-state index in [-0.39, 0.29) is 35.0 Å². The van der Waals surface area contributed by atoms with Crippen molar-refractivity contribution in [3.05, 3.63) is 22.4 Å². The summed E-state index contributed by atoms with van der Waals surface area (Å²) in [5, 5.41) is 18.2. The summed E-state index contributed by atoms with van der Waals surface area (Å²) in [5.74, 6) is -1.89. The summed E-state index contributed by atoms with van der Waals surface area (Å²) in [6.45, 7) is 3.22. The van der Waals surface area contributed by atoms with Gasteiger partial charge < -0.3 is 10.0 Å². The SMILES string of the molecule is CCc1nc(SCC(=O)N2CCC[C@@H]2C(=O)O)c(C#N)c(C(F)(F)F)c1C. The fourth-order valence-electron chi connectivity index (χ4n) is 3.14. The molecule has 2 rings (SSSR count). The third kappa shape index (κ3) is 4.35. The number of pyridine rings is 1. The molecule has 27 heavy (non-hydrogen) atoms. The van der Waals surface area contributed by atoms with Crippen molar-refractivity contribution < 1.29 is 27.9 Å². The number of carboxylic acids is 1. The number of aromatic nitrogens is 1. The van der Waals surface area contributed by atoms with Gasteiger partial charge in [0.15, 0.2) is 0 Å². The zero-order valence-corrected chi connectivity index (χ0v) is 15.6. The third-order valence-electron chi connectivity index (χ3n) is 4.43. The van der Waals surface area contributed by atoms with Gasteiger partial charge in [0.05, 0.1) is 16.9 Å². The van der Waals surface area contributed by atoms with Crippen LogP contribution in [0, 0.1) is 18.3 Å². The summed E-state index contributed by atoms with van der Waals surface area (Å²) in [6.07, 6.45) is -3.58. The first-order chi connectivity index (χ1) is 12.6. The molecule has 1 aliphatic rings. The largest absolute Gasteiger partial charge is 0.480 e. The number of aryl methyl sites for hydroxylation is 1. The van der Waals surface area contributed by atoms with Crippen molar-refractivity contribution in [3.8, 4) is 6.07 Å². The Bertz CT molecular complexity index is 805. The van der Waals surface area contributed by atoms with Crippen LogP contribution < -0.4 is 0 Å². The van der Waals surface area contributed by atoms with Crippen LogP contribution in [0.25, 0.3) is 0 Å². The van der Waals surface area contributed by atoms with Crippen LogP contribution >= 0.6 is 11.8 Å². The Hall–Kier alpha value is -2.28. The number of halogens is 3. The standard InChI is InChI=1S/C17H18F3N3O3S/c1-3-11-9(2)14(17(18,19)20)10(7-21)15(22-11)27-8-13(24)23-6-4-5-12(23)16(25)26/h12H,3-6,8H2,1-2H3,(H,25,26)/t12-/m1/s1. The van der Waals surface area contributed by atoms with Crippen LogP contribution in [-0.2, 0) is 22.2 Å². The molecule has 6 nitrogen and oxygen atoms in total. The minimum atomic E-state index is -4.72. The molecule has 0 aliphatic carbocycles. The van der Waals surface area contributed by atoms with E-state index in [1.165, 1.54) is 11.8 Å². The van der Waals surface area contributed by atoms with Crippen molar-refractivity contribution in [2.45, 2.75) is 50.4 Å². The lowest BCUT2D eigenvalue weighted by Crippen LogP contribution is -2.41. The van der Waals surface area contributed by atoms with Gasteiger partial charge in [0.2, 0.25) is 5.91 Å². The molecule has 0 aromatic carbocycles. The quantitative estimate of drug-likeness (QED) is 0.763. The highest BCUT2D eigenvalue weighted by Crippen LogP contribution is 2.39. The van der Waals surface area contributed by atoms with Gasteiger partial charge in [-0.2, -0.15) is 18.4 Å². The van der Waals surface area contributed by atoms with Gasteiger partial charge in [-0.15, -0.1) is 0 Å². The molecule has 0 bridgehead atoms. The topological polar surface area (TPSA) is 94.3 Å². The number of rotatable bonds is 5. The lowest BCUT2D eigenvalue weighted by molar-refractivity contribution is -0.147. The average Bonchev–Trinajstić information content (AvgIpc) is 3.08. The zero-order valence-electron chi connectivity index (χ0n) is 14.8. The van der Waals surface area contributed by atoms with E-state index < -0.39 is 35.2 Å². The molecule has 1 aliphatic heterocycles. The van der Waals surface area contributed by atoms with Gasteiger partial charge in [-0.05, 0) is 31.7 Å². The zero-order chi connectivity index (χ0) is 20.4. The molecular weight excluding hydrogens is 383 g/mol. The number of aliphatic carboxylic acids is 1. The molecule has 0 radical (unpaired) electrons. The van der Waals surface area contributed by atoms with Crippen LogP contribution in [0.2, 0.25) is 0 Å². The summed E-state index contributed by atoms with van der Waals surface area (Å²) in [6, 6.07) is 0.641. The highest BCUT2D eigenvalue weighted by molar-refractivity contribution is 8.00. The first-order valence-electron chi connectivity index (χ1n) is 8.27. The second-order valence-corrected chi connectivity index (χ2v) is 7.04. The second kappa shape index (κ2) is 8.17. The first-order valence-corrected chi connectivity index (χ1v) is 9.26. The number of hydrogen-bond acceptors (Lipinski definition) is 5. The number of alkyl halides is 3. The van der Waals surface area contributed by atoms with E-state index in [2.05, 4.69) is 4.98 Å². The molecule has 1 amide bonds. The number of amides is 1. The van der Waals surface area contributed by atoms with Gasteiger partial charge in [0.1, 0.15) is 17.1 Å². The van der Waals surface area contributed by atoms with E-state index in [1.807, 2.05) is 0 Å². The maximum Gasteiger partial charge on any atom is 0.418 e. The van der Waals surface area contributed by atoms with Crippen molar-refractivity contribution in [1.29, 1.82) is 5.26 Å². The van der Waals surface area contributed by atoms with Gasteiger partial charge >= 0.3 is 12.1 Å². The molecule has 1 fully saturated rings. The molecule has 2 heterocycles. The fraction of sp³-hybridized carbons (Fsp3) is 0.529. The number of thioether (sulfide) groups is 1. The van der Waals surface area contributed by atoms with E-state index in [4.69, 9.17) is 5.11 Å². The Labute approximate surface area is 158 Å². The lowest BCUT2D eigenvalue weighted by Gasteiger charge is -2.21. The van der Waals surface area contributed by atoms with Gasteiger partial charge in [0, 0.05) is 12.2 Å². The monoisotopic (exact) mass is 401 g/mol. The van der Waals surface area contributed by atoms with E-state index in [1.54, 1.807) is 13.0 Å². The van der Waals surface area contributed by atoms with Gasteiger partial charge in [0.25, 0.3) is 0 Å². The molecule has 1 aromatic rings. The first kappa shape index (κ1) is 21.0. The molecule has 1 aromatic heterocycles. The lowest BCUT2D eigenvalue weighted by atomic mass is 10.0. The minimum Gasteiger partial charge on any atom is -0.480 e. The molecule has 1 N–H and O–H groups in total. The number of likely N-dealkylation sites (tertiary alicyclic amines) is 1. The second-order valence-electron chi connectivity index (χ2n) is 6.07. The predicted octanol–water partition coefficient (Wildman–Crippen LogP) is 3.01. The minimum absolute atomic E-state index is 0.0947. The molecule has 1 saturated heterocycles. The molecule has 146 valence electrons. The number of carboxylic acid groups (broad SMARTS) is 1. The number of nitrogens with zero attached hydrogens (tertiary/aromatic N) is 3. The molecule has 0 spiro atoms. The molecule has 0 saturated carbocycles. The summed E-state index contributed by atoms with van der Waals surface area (Å²) < 4.78 is 40.3. The summed E-state index contributed by atoms with van der Waals surface area (Å²) >= 11 is 0.731. The third-order valence-corrected chi connectivity index (χ3v) is 5.39. The summed E-state index contributed by atoms with van der Waals surface area (Å²) in [7, 11) is 0. The highest BCUT2D eigenvalue weighted by atomic mass is 32.2. The molecule has 10 heteroatoms. The Balaban J connectivity index is 2.32. The van der Waals surface area contributed by atoms with Gasteiger partial charge in [-0.3, -0.25) is 4.79 Å². The van der Waals surface area contributed by atoms with Crippen molar-refractivity contribution in [2.24, 2.45) is 0 Å². The smallest absolute Gasteiger partial charge is 0.418 e. The molecule has 1 atom stereocenters. The van der Waals surface area contributed by atoms with Crippen molar-refractivity contribution in [2.75, 3.05) is 12.3 Å². The Morgan fingerprint density at radius 2 is 2.11 bits per heavy atom. The average molecular weight is 401 g/mol. The van der Waals surface area contributed by atoms with Crippen LogP contribution in [0.15, 0.2) is 5.03 Å². The fourth-order valence-corrected chi connectivity index (χ4v) is 4.04. The van der Waals surface area contributed by atoms with E-state index in [0.717, 1.165) is 11.8 Å². The van der Waals surface area contributed by atoms with E-state index in [9.17, 15) is 28.0 Å². The summed E-state index contributed by atoms with van der Waals surface area (Å²) in [4.78, 5) is 28.9. The van der Waals surface area contributed by atoms with Crippen LogP contribution in [0.3, 0.4) is 0 Å². The Morgan fingerprint density at radius 1 is 1.44 bits per heavy atom. The number of carbonyl (C=O) groups excluding carboxylic acids is 1. The van der Waals surface area contributed by atoms with Crippen molar-refractivity contribution >= 4 is 23.6 Å². The molecular formula is C17H18F3N3O3S. The number of carbonyl (C=O) groups is 2. The maximum atomic E-state index is 13.4. The summed E-state index contributed by atoms with van der Waals surface area (Å²) in [5.41, 5.74) is -1.52. The van der Waals surface area contributed by atoms with Crippen LogP contribution in [0.5, 0.6) is 0 Å². The Kier molecular flexibility index (Phi) is 6.36. The Morgan fingerprint density at radius 3 is 2.63 bits per heavy atom. The molecule has 0 unspecified atom stereocenters. The van der Waals surface area contributed by atoms with Crippen LogP contribution in [0.4, 0.5) is 13.2 Å². The van der Waals surface area contributed by atoms with Crippen molar-refractivity contribution in [3.63, 3.8) is 0 Å².